The van der Waals surface area contributed by atoms with Gasteiger partial charge in [-0.15, -0.1) is 0 Å². The van der Waals surface area contributed by atoms with E-state index in [0.717, 1.165) is 19.7 Å². The Labute approximate surface area is 63.6 Å². The van der Waals surface area contributed by atoms with Crippen molar-refractivity contribution in [1.82, 2.24) is 4.90 Å². The molecule has 56 valence electrons. The quantitative estimate of drug-likeness (QED) is 0.496. The summed E-state index contributed by atoms with van der Waals surface area (Å²) in [6, 6.07) is 0. The fraction of sp³-hybridized carbons (Fsp3) is 1.00. The average molecular weight is 149 g/mol. The van der Waals surface area contributed by atoms with Crippen molar-refractivity contribution >= 4 is 13.5 Å². The van der Waals surface area contributed by atoms with Gasteiger partial charge in [0.25, 0.3) is 0 Å². The van der Waals surface area contributed by atoms with E-state index < -0.39 is 0 Å². The highest BCUT2D eigenvalue weighted by molar-refractivity contribution is 7.59. The van der Waals surface area contributed by atoms with Crippen molar-refractivity contribution in [3.8, 4) is 0 Å². The molecule has 0 unspecified atom stereocenters. The first-order valence-corrected chi connectivity index (χ1v) is 3.09. The lowest BCUT2D eigenvalue weighted by atomic mass is 10.3. The van der Waals surface area contributed by atoms with Crippen LogP contribution in [0.25, 0.3) is 0 Å². The predicted molar refractivity (Wildman–Crippen MR) is 43.3 cm³/mol. The molecule has 1 rings (SSSR count). The van der Waals surface area contributed by atoms with Gasteiger partial charge in [0, 0.05) is 13.1 Å². The molecule has 9 heavy (non-hydrogen) atoms. The van der Waals surface area contributed by atoms with Crippen LogP contribution in [0, 0.1) is 0 Å². The van der Waals surface area contributed by atoms with E-state index >= 15 is 0 Å². The van der Waals surface area contributed by atoms with Gasteiger partial charge in [-0.1, -0.05) is 0 Å². The lowest BCUT2D eigenvalue weighted by Crippen LogP contribution is -2.38. The number of hydrogen-bond donors (Lipinski definition) is 0. The predicted octanol–water partition coefficient (Wildman–Crippen LogP) is 0.450. The summed E-state index contributed by atoms with van der Waals surface area (Å²) >= 11 is 0. The minimum absolute atomic E-state index is 0. The van der Waals surface area contributed by atoms with Gasteiger partial charge in [0.2, 0.25) is 0 Å². The molecule has 1 heterocycles. The Balaban J connectivity index is 0.000000640. The summed E-state index contributed by atoms with van der Waals surface area (Å²) in [5.41, 5.74) is 0. The van der Waals surface area contributed by atoms with Gasteiger partial charge < -0.3 is 9.64 Å². The standard InChI is InChI=1S/C6H13NO.H2S/c1-6-5-7(2)3-4-8-6;/h6H,3-5H2,1-2H3;1H2/t6-;/m0./s1. The van der Waals surface area contributed by atoms with Crippen LogP contribution in [0.3, 0.4) is 0 Å². The van der Waals surface area contributed by atoms with Crippen molar-refractivity contribution in [2.24, 2.45) is 0 Å². The third-order valence-electron chi connectivity index (χ3n) is 1.44. The molecular formula is C6H15NOS. The number of rotatable bonds is 0. The van der Waals surface area contributed by atoms with Crippen LogP contribution in [0.2, 0.25) is 0 Å². The van der Waals surface area contributed by atoms with Crippen LogP contribution in [-0.4, -0.2) is 37.7 Å². The second-order valence-corrected chi connectivity index (χ2v) is 2.44. The molecule has 0 N–H and O–H groups in total. The number of nitrogens with zero attached hydrogens (tertiary/aromatic N) is 1. The number of ether oxygens (including phenoxy) is 1. The summed E-state index contributed by atoms with van der Waals surface area (Å²) in [6.07, 6.45) is 0.439. The Morgan fingerprint density at radius 2 is 2.22 bits per heavy atom. The van der Waals surface area contributed by atoms with Gasteiger partial charge in [-0.3, -0.25) is 0 Å². The number of morpholine rings is 1. The minimum atomic E-state index is 0. The molecule has 3 heteroatoms. The first-order chi connectivity index (χ1) is 3.79. The second-order valence-electron chi connectivity index (χ2n) is 2.44. The molecule has 1 aliphatic rings. The molecule has 0 radical (unpaired) electrons. The maximum atomic E-state index is 5.31. The van der Waals surface area contributed by atoms with Gasteiger partial charge in [0.15, 0.2) is 0 Å². The largest absolute Gasteiger partial charge is 0.376 e. The molecule has 0 amide bonds. The Morgan fingerprint density at radius 3 is 2.56 bits per heavy atom. The van der Waals surface area contributed by atoms with Crippen molar-refractivity contribution in [2.75, 3.05) is 26.7 Å². The molecule has 1 saturated heterocycles. The van der Waals surface area contributed by atoms with Crippen molar-refractivity contribution in [2.45, 2.75) is 13.0 Å². The van der Waals surface area contributed by atoms with E-state index in [4.69, 9.17) is 4.74 Å². The molecule has 0 saturated carbocycles. The molecule has 1 atom stereocenters. The van der Waals surface area contributed by atoms with Crippen molar-refractivity contribution in [3.63, 3.8) is 0 Å². The fourth-order valence-corrected chi connectivity index (χ4v) is 0.993. The van der Waals surface area contributed by atoms with E-state index in [2.05, 4.69) is 18.9 Å². The van der Waals surface area contributed by atoms with Gasteiger partial charge in [-0.2, -0.15) is 13.5 Å². The number of hydrogen-bond acceptors (Lipinski definition) is 2. The maximum absolute atomic E-state index is 5.31. The van der Waals surface area contributed by atoms with Gasteiger partial charge in [0.1, 0.15) is 0 Å². The summed E-state index contributed by atoms with van der Waals surface area (Å²) in [5.74, 6) is 0. The van der Waals surface area contributed by atoms with E-state index in [1.54, 1.807) is 0 Å². The normalized spacial score (nSPS) is 29.3. The highest BCUT2D eigenvalue weighted by Crippen LogP contribution is 1.99. The van der Waals surface area contributed by atoms with E-state index in [-0.39, 0.29) is 13.5 Å². The lowest BCUT2D eigenvalue weighted by Gasteiger charge is -2.27. The smallest absolute Gasteiger partial charge is 0.0674 e. The van der Waals surface area contributed by atoms with Gasteiger partial charge in [0.05, 0.1) is 12.7 Å². The molecule has 0 aliphatic carbocycles. The zero-order chi connectivity index (χ0) is 5.98. The fourth-order valence-electron chi connectivity index (χ4n) is 0.993. The summed E-state index contributed by atoms with van der Waals surface area (Å²) in [5, 5.41) is 0. The molecule has 0 spiro atoms. The third-order valence-corrected chi connectivity index (χ3v) is 1.44. The van der Waals surface area contributed by atoms with E-state index in [0.29, 0.717) is 6.10 Å². The van der Waals surface area contributed by atoms with Crippen molar-refractivity contribution in [1.29, 1.82) is 0 Å². The highest BCUT2D eigenvalue weighted by Gasteiger charge is 2.11. The topological polar surface area (TPSA) is 12.5 Å². The van der Waals surface area contributed by atoms with Crippen LogP contribution >= 0.6 is 13.5 Å². The molecule has 0 aromatic heterocycles. The third kappa shape index (κ3) is 3.08. The van der Waals surface area contributed by atoms with Gasteiger partial charge >= 0.3 is 0 Å². The maximum Gasteiger partial charge on any atom is 0.0674 e. The van der Waals surface area contributed by atoms with Crippen LogP contribution in [0.5, 0.6) is 0 Å². The summed E-state index contributed by atoms with van der Waals surface area (Å²) < 4.78 is 5.31. The molecule has 1 aliphatic heterocycles. The van der Waals surface area contributed by atoms with Crippen molar-refractivity contribution < 1.29 is 4.74 Å². The van der Waals surface area contributed by atoms with Crippen LogP contribution in [0.4, 0.5) is 0 Å². The Kier molecular flexibility index (Phi) is 4.27. The van der Waals surface area contributed by atoms with E-state index in [1.165, 1.54) is 0 Å². The molecule has 2 nitrogen and oxygen atoms in total. The van der Waals surface area contributed by atoms with Gasteiger partial charge in [-0.05, 0) is 14.0 Å². The molecule has 0 aromatic rings. The monoisotopic (exact) mass is 149 g/mol. The molecule has 1 fully saturated rings. The van der Waals surface area contributed by atoms with Gasteiger partial charge in [-0.25, -0.2) is 0 Å². The molecule has 0 bridgehead atoms. The van der Waals surface area contributed by atoms with E-state index in [1.807, 2.05) is 0 Å². The van der Waals surface area contributed by atoms with Crippen LogP contribution < -0.4 is 0 Å². The SMILES string of the molecule is C[C@H]1CN(C)CCO1.S. The Hall–Kier alpha value is 0.270. The minimum Gasteiger partial charge on any atom is -0.376 e. The summed E-state index contributed by atoms with van der Waals surface area (Å²) in [6.45, 7) is 5.18. The highest BCUT2D eigenvalue weighted by atomic mass is 32.1. The first kappa shape index (κ1) is 9.27. The second kappa shape index (κ2) is 4.14. The van der Waals surface area contributed by atoms with Crippen LogP contribution in [0.15, 0.2) is 0 Å². The Bertz CT molecular complexity index is 71.5. The molecule has 0 aromatic carbocycles. The van der Waals surface area contributed by atoms with Crippen molar-refractivity contribution in [3.05, 3.63) is 0 Å². The zero-order valence-electron chi connectivity index (χ0n) is 6.05. The molecular weight excluding hydrogens is 134 g/mol. The zero-order valence-corrected chi connectivity index (χ0v) is 7.05. The summed E-state index contributed by atoms with van der Waals surface area (Å²) in [4.78, 5) is 2.29. The van der Waals surface area contributed by atoms with E-state index in [9.17, 15) is 0 Å². The summed E-state index contributed by atoms with van der Waals surface area (Å²) in [7, 11) is 2.12. The van der Waals surface area contributed by atoms with Crippen LogP contribution in [-0.2, 0) is 4.74 Å². The number of likely N-dealkylation sites (N-methyl/N-ethyl adjacent to an activating group) is 1. The lowest BCUT2D eigenvalue weighted by molar-refractivity contribution is -0.00861. The average Bonchev–Trinajstić information content (AvgIpc) is 1.64. The Morgan fingerprint density at radius 1 is 1.56 bits per heavy atom. The van der Waals surface area contributed by atoms with Crippen LogP contribution in [0.1, 0.15) is 6.92 Å². The first-order valence-electron chi connectivity index (χ1n) is 3.09.